The zero-order valence-electron chi connectivity index (χ0n) is 4.84. The summed E-state index contributed by atoms with van der Waals surface area (Å²) in [6, 6.07) is 0. The lowest BCUT2D eigenvalue weighted by molar-refractivity contribution is -0.139. The molecule has 0 fully saturated rings. The summed E-state index contributed by atoms with van der Waals surface area (Å²) >= 11 is 1.11. The number of aliphatic carboxylic acids is 1. The first-order valence-electron chi connectivity index (χ1n) is 2.08. The van der Waals surface area contributed by atoms with Gasteiger partial charge in [0.05, 0.1) is 0 Å². The maximum Gasteiger partial charge on any atom is 0.333 e. The molecule has 0 rings (SSSR count). The summed E-state index contributed by atoms with van der Waals surface area (Å²) in [6.45, 7) is 1.46. The van der Waals surface area contributed by atoms with Crippen LogP contribution in [0.2, 0.25) is 0 Å². The van der Waals surface area contributed by atoms with Crippen LogP contribution in [-0.2, 0) is 4.79 Å². The first-order valence-corrected chi connectivity index (χ1v) is 3.30. The standard InChI is InChI=1S/C4H9NO2S/c1-4(5,8-2)3(6)7/h5H2,1-2H3,(H,6,7). The van der Waals surface area contributed by atoms with E-state index < -0.39 is 10.8 Å². The molecule has 0 aromatic carbocycles. The molecule has 0 aromatic rings. The molecule has 0 aliphatic carbocycles. The number of carboxylic acid groups (broad SMARTS) is 1. The largest absolute Gasteiger partial charge is 0.479 e. The average Bonchev–Trinajstić information content (AvgIpc) is 1.67. The number of hydrogen-bond donors (Lipinski definition) is 2. The number of carbonyl (C=O) groups is 1. The number of nitrogens with two attached hydrogens (primary N) is 1. The summed E-state index contributed by atoms with van der Waals surface area (Å²) in [6.07, 6.45) is 1.66. The van der Waals surface area contributed by atoms with Gasteiger partial charge in [0.15, 0.2) is 4.87 Å². The minimum Gasteiger partial charge on any atom is -0.479 e. The molecule has 0 amide bonds. The monoisotopic (exact) mass is 135 g/mol. The fraction of sp³-hybridized carbons (Fsp3) is 0.750. The second kappa shape index (κ2) is 2.37. The van der Waals surface area contributed by atoms with Crippen LogP contribution in [0.4, 0.5) is 0 Å². The molecule has 0 saturated carbocycles. The molecule has 0 saturated heterocycles. The Morgan fingerprint density at radius 2 is 2.25 bits per heavy atom. The maximum absolute atomic E-state index is 10.1. The third-order valence-corrected chi connectivity index (χ3v) is 1.87. The summed E-state index contributed by atoms with van der Waals surface area (Å²) in [4.78, 5) is 8.98. The van der Waals surface area contributed by atoms with Crippen LogP contribution in [0.25, 0.3) is 0 Å². The van der Waals surface area contributed by atoms with Crippen molar-refractivity contribution in [2.45, 2.75) is 11.8 Å². The maximum atomic E-state index is 10.1. The van der Waals surface area contributed by atoms with E-state index in [9.17, 15) is 4.79 Å². The molecule has 0 aliphatic rings. The molecule has 4 heteroatoms. The minimum absolute atomic E-state index is 0.981. The smallest absolute Gasteiger partial charge is 0.333 e. The minimum atomic E-state index is -1.12. The fourth-order valence-corrected chi connectivity index (χ4v) is 0.262. The number of hydrogen-bond acceptors (Lipinski definition) is 3. The number of thioether (sulfide) groups is 1. The van der Waals surface area contributed by atoms with Crippen LogP contribution in [0, 0.1) is 0 Å². The van der Waals surface area contributed by atoms with E-state index in [1.165, 1.54) is 6.92 Å². The van der Waals surface area contributed by atoms with Crippen LogP contribution in [0.5, 0.6) is 0 Å². The Bertz CT molecular complexity index is 102. The normalized spacial score (nSPS) is 17.4. The van der Waals surface area contributed by atoms with Crippen LogP contribution in [0.15, 0.2) is 0 Å². The lowest BCUT2D eigenvalue weighted by Gasteiger charge is -2.14. The Kier molecular flexibility index (Phi) is 2.30. The van der Waals surface area contributed by atoms with Gasteiger partial charge in [-0.25, -0.2) is 4.79 Å². The van der Waals surface area contributed by atoms with E-state index in [1.807, 2.05) is 0 Å². The first-order chi connectivity index (χ1) is 3.50. The molecule has 0 radical (unpaired) electrons. The molecule has 0 bridgehead atoms. The average molecular weight is 135 g/mol. The van der Waals surface area contributed by atoms with Crippen LogP contribution in [0.1, 0.15) is 6.92 Å². The highest BCUT2D eigenvalue weighted by Crippen LogP contribution is 2.13. The summed E-state index contributed by atoms with van der Waals surface area (Å²) in [7, 11) is 0. The van der Waals surface area contributed by atoms with Crippen molar-refractivity contribution in [1.29, 1.82) is 0 Å². The van der Waals surface area contributed by atoms with Crippen LogP contribution in [0.3, 0.4) is 0 Å². The quantitative estimate of drug-likeness (QED) is 0.527. The number of rotatable bonds is 2. The molecular formula is C4H9NO2S. The van der Waals surface area contributed by atoms with Crippen LogP contribution in [-0.4, -0.2) is 22.2 Å². The Hall–Kier alpha value is -0.220. The molecule has 1 unspecified atom stereocenters. The zero-order chi connectivity index (χ0) is 6.78. The van der Waals surface area contributed by atoms with Gasteiger partial charge in [-0.2, -0.15) is 0 Å². The predicted molar refractivity (Wildman–Crippen MR) is 33.7 cm³/mol. The Labute approximate surface area is 52.3 Å². The predicted octanol–water partition coefficient (Wildman–Crippen LogP) is 0.109. The van der Waals surface area contributed by atoms with Crippen molar-refractivity contribution >= 4 is 17.7 Å². The van der Waals surface area contributed by atoms with Gasteiger partial charge in [-0.05, 0) is 13.2 Å². The third-order valence-electron chi connectivity index (χ3n) is 0.849. The van der Waals surface area contributed by atoms with Crippen molar-refractivity contribution in [3.63, 3.8) is 0 Å². The first kappa shape index (κ1) is 7.78. The van der Waals surface area contributed by atoms with Gasteiger partial charge < -0.3 is 10.8 Å². The highest BCUT2D eigenvalue weighted by Gasteiger charge is 2.25. The van der Waals surface area contributed by atoms with Gasteiger partial charge in [-0.15, -0.1) is 11.8 Å². The van der Waals surface area contributed by atoms with Crippen molar-refractivity contribution < 1.29 is 9.90 Å². The van der Waals surface area contributed by atoms with Gasteiger partial charge in [0.2, 0.25) is 0 Å². The van der Waals surface area contributed by atoms with Gasteiger partial charge in [-0.1, -0.05) is 0 Å². The summed E-state index contributed by atoms with van der Waals surface area (Å²) < 4.78 is 0. The Morgan fingerprint density at radius 3 is 2.25 bits per heavy atom. The topological polar surface area (TPSA) is 63.3 Å². The van der Waals surface area contributed by atoms with Crippen LogP contribution >= 0.6 is 11.8 Å². The van der Waals surface area contributed by atoms with E-state index in [-0.39, 0.29) is 0 Å². The summed E-state index contributed by atoms with van der Waals surface area (Å²) in [5, 5.41) is 8.30. The van der Waals surface area contributed by atoms with Gasteiger partial charge in [0.25, 0.3) is 0 Å². The van der Waals surface area contributed by atoms with Crippen molar-refractivity contribution in [2.75, 3.05) is 6.26 Å². The lowest BCUT2D eigenvalue weighted by Crippen LogP contribution is -2.40. The fourth-order valence-electron chi connectivity index (χ4n) is 0.0873. The van der Waals surface area contributed by atoms with Gasteiger partial charge in [-0.3, -0.25) is 0 Å². The SMILES string of the molecule is CSC(C)(N)C(=O)O. The van der Waals surface area contributed by atoms with E-state index >= 15 is 0 Å². The Balaban J connectivity index is 3.91. The van der Waals surface area contributed by atoms with E-state index in [0.29, 0.717) is 0 Å². The van der Waals surface area contributed by atoms with Gasteiger partial charge in [0, 0.05) is 0 Å². The van der Waals surface area contributed by atoms with Crippen molar-refractivity contribution in [3.8, 4) is 0 Å². The molecule has 8 heavy (non-hydrogen) atoms. The number of carboxylic acids is 1. The van der Waals surface area contributed by atoms with Crippen molar-refractivity contribution in [3.05, 3.63) is 0 Å². The molecule has 0 heterocycles. The van der Waals surface area contributed by atoms with E-state index in [0.717, 1.165) is 11.8 Å². The second-order valence-corrected chi connectivity index (χ2v) is 2.87. The van der Waals surface area contributed by atoms with Crippen molar-refractivity contribution in [2.24, 2.45) is 5.73 Å². The van der Waals surface area contributed by atoms with Gasteiger partial charge in [0.1, 0.15) is 0 Å². The van der Waals surface area contributed by atoms with E-state index in [4.69, 9.17) is 10.8 Å². The lowest BCUT2D eigenvalue weighted by atomic mass is 10.4. The second-order valence-electron chi connectivity index (χ2n) is 1.62. The molecular weight excluding hydrogens is 126 g/mol. The molecule has 0 aromatic heterocycles. The molecule has 1 atom stereocenters. The van der Waals surface area contributed by atoms with Crippen LogP contribution < -0.4 is 5.73 Å². The molecule has 3 N–H and O–H groups in total. The highest BCUT2D eigenvalue weighted by molar-refractivity contribution is 8.00. The Morgan fingerprint density at radius 1 is 1.88 bits per heavy atom. The van der Waals surface area contributed by atoms with E-state index in [2.05, 4.69) is 0 Å². The molecule has 3 nitrogen and oxygen atoms in total. The third kappa shape index (κ3) is 1.71. The van der Waals surface area contributed by atoms with E-state index in [1.54, 1.807) is 6.26 Å². The zero-order valence-corrected chi connectivity index (χ0v) is 5.66. The summed E-state index contributed by atoms with van der Waals surface area (Å²) in [5.74, 6) is -0.981. The molecule has 48 valence electrons. The molecule has 0 aliphatic heterocycles. The van der Waals surface area contributed by atoms with Crippen molar-refractivity contribution in [1.82, 2.24) is 0 Å². The highest BCUT2D eigenvalue weighted by atomic mass is 32.2. The molecule has 0 spiro atoms. The van der Waals surface area contributed by atoms with Gasteiger partial charge >= 0.3 is 5.97 Å². The summed E-state index contributed by atoms with van der Waals surface area (Å²) in [5.41, 5.74) is 5.22.